The van der Waals surface area contributed by atoms with Crippen LogP contribution in [-0.2, 0) is 28.4 Å². The Kier molecular flexibility index (Phi) is 31.9. The van der Waals surface area contributed by atoms with Crippen molar-refractivity contribution in [1.29, 1.82) is 0 Å². The first-order valence-corrected chi connectivity index (χ1v) is 20.9. The number of unbranched alkanes of at least 4 members (excludes halogenated alkanes) is 14. The summed E-state index contributed by atoms with van der Waals surface area (Å²) in [7, 11) is 0. The van der Waals surface area contributed by atoms with Crippen molar-refractivity contribution in [3.8, 4) is 11.5 Å². The second-order valence-electron chi connectivity index (χ2n) is 13.7. The molecular weight excluding hydrogens is 646 g/mol. The molecule has 298 valence electrons. The summed E-state index contributed by atoms with van der Waals surface area (Å²) in [4.78, 5) is 0. The van der Waals surface area contributed by atoms with Gasteiger partial charge < -0.3 is 43.2 Å². The van der Waals surface area contributed by atoms with Gasteiger partial charge in [-0.15, -0.1) is 0 Å². The smallest absolute Gasteiger partial charge is 0.161 e. The topological polar surface area (TPSA) is 85.9 Å². The lowest BCUT2D eigenvalue weighted by molar-refractivity contribution is 0.00728. The first kappa shape index (κ1) is 45.7. The van der Waals surface area contributed by atoms with Crippen LogP contribution < -0.4 is 14.8 Å². The second-order valence-corrected chi connectivity index (χ2v) is 13.7. The summed E-state index contributed by atoms with van der Waals surface area (Å²) >= 11 is 0. The molecule has 1 aliphatic rings. The van der Waals surface area contributed by atoms with Crippen LogP contribution in [0.5, 0.6) is 11.5 Å². The minimum absolute atomic E-state index is 0.359. The van der Waals surface area contributed by atoms with Gasteiger partial charge in [0, 0.05) is 19.3 Å². The average Bonchev–Trinajstić information content (AvgIpc) is 3.70. The van der Waals surface area contributed by atoms with Gasteiger partial charge in [0.05, 0.1) is 66.1 Å². The van der Waals surface area contributed by atoms with Crippen molar-refractivity contribution in [2.45, 2.75) is 135 Å². The number of ether oxygens (including phenoxy) is 8. The molecule has 0 amide bonds. The van der Waals surface area contributed by atoms with E-state index >= 15 is 0 Å². The van der Waals surface area contributed by atoms with Crippen molar-refractivity contribution in [1.82, 2.24) is 5.32 Å². The van der Waals surface area contributed by atoms with E-state index in [2.05, 4.69) is 31.3 Å². The summed E-state index contributed by atoms with van der Waals surface area (Å²) in [6, 6.07) is 6.59. The van der Waals surface area contributed by atoms with Crippen LogP contribution in [0.3, 0.4) is 0 Å². The molecule has 0 aromatic heterocycles. The summed E-state index contributed by atoms with van der Waals surface area (Å²) < 4.78 is 46.4. The van der Waals surface area contributed by atoms with E-state index in [0.717, 1.165) is 50.5 Å². The lowest BCUT2D eigenvalue weighted by atomic mass is 10.0. The summed E-state index contributed by atoms with van der Waals surface area (Å²) in [5.74, 6) is 1.46. The van der Waals surface area contributed by atoms with Gasteiger partial charge in [0.2, 0.25) is 0 Å². The molecule has 1 unspecified atom stereocenters. The third kappa shape index (κ3) is 26.9. The summed E-state index contributed by atoms with van der Waals surface area (Å²) in [6.07, 6.45) is 23.4. The van der Waals surface area contributed by atoms with Gasteiger partial charge in [0.25, 0.3) is 0 Å². The lowest BCUT2D eigenvalue weighted by Crippen LogP contribution is -2.15. The normalized spacial score (nSPS) is 14.4. The van der Waals surface area contributed by atoms with Gasteiger partial charge in [-0.2, -0.15) is 0 Å². The first-order valence-electron chi connectivity index (χ1n) is 20.9. The van der Waals surface area contributed by atoms with E-state index in [1.165, 1.54) is 102 Å². The highest BCUT2D eigenvalue weighted by Crippen LogP contribution is 2.33. The van der Waals surface area contributed by atoms with Gasteiger partial charge in [-0.05, 0) is 49.9 Å². The van der Waals surface area contributed by atoms with Crippen molar-refractivity contribution in [2.75, 3.05) is 99.0 Å². The zero-order valence-electron chi connectivity index (χ0n) is 32.9. The minimum atomic E-state index is 0.359. The van der Waals surface area contributed by atoms with Crippen LogP contribution in [0, 0.1) is 0 Å². The van der Waals surface area contributed by atoms with Crippen LogP contribution in [0.1, 0.15) is 141 Å². The van der Waals surface area contributed by atoms with Gasteiger partial charge >= 0.3 is 0 Å². The molecule has 9 heteroatoms. The SMILES string of the molecule is CCCCCCCCCCOCCOCCOCCOc1ccc(C2CCCN2)cc1OCCOCCOCCOCCCCCCCCCC. The predicted molar refractivity (Wildman–Crippen MR) is 208 cm³/mol. The Labute approximate surface area is 312 Å². The van der Waals surface area contributed by atoms with Crippen molar-refractivity contribution in [3.63, 3.8) is 0 Å². The molecule has 1 aliphatic heterocycles. The Hall–Kier alpha value is -1.46. The molecule has 1 aromatic carbocycles. The molecule has 0 saturated carbocycles. The molecule has 1 fully saturated rings. The van der Waals surface area contributed by atoms with Gasteiger partial charge in [-0.3, -0.25) is 0 Å². The Morgan fingerprint density at radius 1 is 0.451 bits per heavy atom. The number of hydrogen-bond donors (Lipinski definition) is 1. The first-order chi connectivity index (χ1) is 25.3. The molecule has 1 aromatic rings. The molecule has 9 nitrogen and oxygen atoms in total. The van der Waals surface area contributed by atoms with E-state index < -0.39 is 0 Å². The molecule has 1 atom stereocenters. The van der Waals surface area contributed by atoms with Crippen LogP contribution in [0.4, 0.5) is 0 Å². The van der Waals surface area contributed by atoms with Crippen molar-refractivity contribution < 1.29 is 37.9 Å². The molecular formula is C42H77NO8. The second kappa shape index (κ2) is 35.6. The monoisotopic (exact) mass is 724 g/mol. The standard InChI is InChI=1S/C42H77NO8/c1-3-5-7-9-11-13-15-17-24-44-26-28-46-30-32-48-34-36-50-41-22-21-39(40-20-19-23-43-40)38-42(41)51-37-35-49-33-31-47-29-27-45-25-18-16-14-12-10-8-6-4-2/h21-22,38,40,43H,3-20,23-37H2,1-2H3. The zero-order chi connectivity index (χ0) is 36.1. The van der Waals surface area contributed by atoms with E-state index in [4.69, 9.17) is 37.9 Å². The van der Waals surface area contributed by atoms with Gasteiger partial charge in [0.15, 0.2) is 11.5 Å². The molecule has 0 spiro atoms. The van der Waals surface area contributed by atoms with Crippen molar-refractivity contribution in [2.24, 2.45) is 0 Å². The number of hydrogen-bond acceptors (Lipinski definition) is 9. The highest BCUT2D eigenvalue weighted by molar-refractivity contribution is 5.44. The molecule has 0 bridgehead atoms. The van der Waals surface area contributed by atoms with E-state index in [0.29, 0.717) is 85.3 Å². The quantitative estimate of drug-likeness (QED) is 0.0669. The lowest BCUT2D eigenvalue weighted by Gasteiger charge is -2.17. The van der Waals surface area contributed by atoms with Gasteiger partial charge in [-0.1, -0.05) is 110 Å². The van der Waals surface area contributed by atoms with E-state index in [1.54, 1.807) is 0 Å². The molecule has 51 heavy (non-hydrogen) atoms. The number of benzene rings is 1. The van der Waals surface area contributed by atoms with Crippen molar-refractivity contribution in [3.05, 3.63) is 23.8 Å². The Morgan fingerprint density at radius 2 is 0.843 bits per heavy atom. The third-order valence-electron chi connectivity index (χ3n) is 9.17. The number of rotatable bonds is 39. The molecule has 1 N–H and O–H groups in total. The largest absolute Gasteiger partial charge is 0.487 e. The van der Waals surface area contributed by atoms with Crippen LogP contribution in [-0.4, -0.2) is 99.0 Å². The van der Waals surface area contributed by atoms with Crippen LogP contribution >= 0.6 is 0 Å². The zero-order valence-corrected chi connectivity index (χ0v) is 32.9. The maximum atomic E-state index is 6.14. The molecule has 2 rings (SSSR count). The molecule has 1 saturated heterocycles. The van der Waals surface area contributed by atoms with E-state index in [1.807, 2.05) is 6.07 Å². The minimum Gasteiger partial charge on any atom is -0.487 e. The third-order valence-corrected chi connectivity index (χ3v) is 9.17. The number of nitrogens with one attached hydrogen (secondary N) is 1. The van der Waals surface area contributed by atoms with E-state index in [9.17, 15) is 0 Å². The fourth-order valence-corrected chi connectivity index (χ4v) is 6.12. The summed E-state index contributed by atoms with van der Waals surface area (Å²) in [6.45, 7) is 13.7. The fourth-order valence-electron chi connectivity index (χ4n) is 6.12. The predicted octanol–water partition coefficient (Wildman–Crippen LogP) is 9.25. The maximum Gasteiger partial charge on any atom is 0.161 e. The van der Waals surface area contributed by atoms with E-state index in [-0.39, 0.29) is 0 Å². The Morgan fingerprint density at radius 3 is 1.27 bits per heavy atom. The summed E-state index contributed by atoms with van der Waals surface area (Å²) in [5, 5.41) is 3.57. The highest BCUT2D eigenvalue weighted by atomic mass is 16.6. The fraction of sp³-hybridized carbons (Fsp3) is 0.857. The molecule has 0 radical (unpaired) electrons. The Balaban J connectivity index is 1.46. The Bertz CT molecular complexity index is 869. The summed E-state index contributed by atoms with van der Waals surface area (Å²) in [5.41, 5.74) is 1.23. The van der Waals surface area contributed by atoms with Crippen LogP contribution in [0.15, 0.2) is 18.2 Å². The van der Waals surface area contributed by atoms with Crippen LogP contribution in [0.2, 0.25) is 0 Å². The van der Waals surface area contributed by atoms with Gasteiger partial charge in [0.1, 0.15) is 13.2 Å². The molecule has 0 aliphatic carbocycles. The van der Waals surface area contributed by atoms with Gasteiger partial charge in [-0.25, -0.2) is 0 Å². The van der Waals surface area contributed by atoms with Crippen LogP contribution in [0.25, 0.3) is 0 Å². The van der Waals surface area contributed by atoms with Crippen molar-refractivity contribution >= 4 is 0 Å². The average molecular weight is 724 g/mol. The highest BCUT2D eigenvalue weighted by Gasteiger charge is 2.18. The molecule has 1 heterocycles. The maximum absolute atomic E-state index is 6.14.